The van der Waals surface area contributed by atoms with Crippen LogP contribution in [-0.4, -0.2) is 95.4 Å². The standard InChI is InChI=1S/C19H41N5O3S/c1-6-17(7-2)18(24-12-14-27-15-13-24)16-22-19(20-4)21-10-9-11-23(5)28(25,26)8-3/h17-18H,6-16H2,1-5H3,(H2,20,21,22). The Kier molecular flexibility index (Phi) is 12.0. The van der Waals surface area contributed by atoms with Crippen LogP contribution in [0.25, 0.3) is 0 Å². The Labute approximate surface area is 172 Å². The number of morpholine rings is 1. The zero-order chi connectivity index (χ0) is 21.0. The highest BCUT2D eigenvalue weighted by Crippen LogP contribution is 2.19. The van der Waals surface area contributed by atoms with Gasteiger partial charge in [-0.05, 0) is 19.3 Å². The van der Waals surface area contributed by atoms with Crippen molar-refractivity contribution in [3.05, 3.63) is 0 Å². The molecule has 0 spiro atoms. The molecule has 166 valence electrons. The van der Waals surface area contributed by atoms with Crippen LogP contribution in [0, 0.1) is 5.92 Å². The third-order valence-electron chi connectivity index (χ3n) is 5.59. The molecule has 1 unspecified atom stereocenters. The first kappa shape index (κ1) is 25.1. The van der Waals surface area contributed by atoms with E-state index in [-0.39, 0.29) is 5.75 Å². The number of aliphatic imine (C=N–C) groups is 1. The molecule has 1 aliphatic rings. The van der Waals surface area contributed by atoms with Crippen LogP contribution in [0.5, 0.6) is 0 Å². The van der Waals surface area contributed by atoms with Crippen LogP contribution in [0.3, 0.4) is 0 Å². The van der Waals surface area contributed by atoms with E-state index in [4.69, 9.17) is 4.74 Å². The summed E-state index contributed by atoms with van der Waals surface area (Å²) >= 11 is 0. The molecule has 0 amide bonds. The largest absolute Gasteiger partial charge is 0.379 e. The van der Waals surface area contributed by atoms with Crippen LogP contribution < -0.4 is 10.6 Å². The van der Waals surface area contributed by atoms with Gasteiger partial charge in [-0.2, -0.15) is 0 Å². The average Bonchev–Trinajstić information content (AvgIpc) is 2.72. The first-order valence-electron chi connectivity index (χ1n) is 10.6. The average molecular weight is 420 g/mol. The van der Waals surface area contributed by atoms with E-state index < -0.39 is 10.0 Å². The van der Waals surface area contributed by atoms with Crippen molar-refractivity contribution >= 4 is 16.0 Å². The van der Waals surface area contributed by atoms with E-state index in [1.165, 1.54) is 4.31 Å². The molecule has 9 heteroatoms. The second-order valence-corrected chi connectivity index (χ2v) is 9.61. The molecule has 1 atom stereocenters. The maximum atomic E-state index is 11.8. The van der Waals surface area contributed by atoms with Crippen molar-refractivity contribution in [2.75, 3.05) is 65.8 Å². The van der Waals surface area contributed by atoms with E-state index in [0.29, 0.717) is 25.0 Å². The fourth-order valence-corrected chi connectivity index (χ4v) is 4.47. The molecule has 1 aliphatic heterocycles. The van der Waals surface area contributed by atoms with Crippen LogP contribution in [0.1, 0.15) is 40.0 Å². The zero-order valence-electron chi connectivity index (χ0n) is 18.4. The van der Waals surface area contributed by atoms with Gasteiger partial charge < -0.3 is 15.4 Å². The predicted octanol–water partition coefficient (Wildman–Crippen LogP) is 0.960. The molecule has 0 radical (unpaired) electrons. The molecule has 0 aromatic rings. The van der Waals surface area contributed by atoms with Crippen molar-refractivity contribution in [1.82, 2.24) is 19.8 Å². The van der Waals surface area contributed by atoms with E-state index in [2.05, 4.69) is 34.4 Å². The smallest absolute Gasteiger partial charge is 0.213 e. The quantitative estimate of drug-likeness (QED) is 0.278. The predicted molar refractivity (Wildman–Crippen MR) is 116 cm³/mol. The Hall–Kier alpha value is -0.900. The minimum absolute atomic E-state index is 0.138. The Balaban J connectivity index is 2.48. The van der Waals surface area contributed by atoms with Crippen molar-refractivity contribution in [2.24, 2.45) is 10.9 Å². The Bertz CT molecular complexity index is 546. The van der Waals surface area contributed by atoms with Crippen LogP contribution in [0.4, 0.5) is 0 Å². The monoisotopic (exact) mass is 419 g/mol. The summed E-state index contributed by atoms with van der Waals surface area (Å²) in [6, 6.07) is 0.457. The summed E-state index contributed by atoms with van der Waals surface area (Å²) < 4.78 is 30.5. The topological polar surface area (TPSA) is 86.3 Å². The number of guanidine groups is 1. The summed E-state index contributed by atoms with van der Waals surface area (Å²) in [5, 5.41) is 6.77. The van der Waals surface area contributed by atoms with Crippen molar-refractivity contribution in [1.29, 1.82) is 0 Å². The second-order valence-electron chi connectivity index (χ2n) is 7.25. The molecule has 0 aromatic heterocycles. The zero-order valence-corrected chi connectivity index (χ0v) is 19.2. The molecule has 28 heavy (non-hydrogen) atoms. The highest BCUT2D eigenvalue weighted by atomic mass is 32.2. The van der Waals surface area contributed by atoms with Gasteiger partial charge in [-0.15, -0.1) is 0 Å². The normalized spacial score (nSPS) is 17.9. The lowest BCUT2D eigenvalue weighted by Gasteiger charge is -2.39. The second kappa shape index (κ2) is 13.3. The van der Waals surface area contributed by atoms with Gasteiger partial charge in [0.2, 0.25) is 10.0 Å². The highest BCUT2D eigenvalue weighted by Gasteiger charge is 2.27. The van der Waals surface area contributed by atoms with Gasteiger partial charge >= 0.3 is 0 Å². The molecule has 0 bridgehead atoms. The summed E-state index contributed by atoms with van der Waals surface area (Å²) in [6.07, 6.45) is 3.05. The highest BCUT2D eigenvalue weighted by molar-refractivity contribution is 7.89. The van der Waals surface area contributed by atoms with Gasteiger partial charge in [0, 0.05) is 52.9 Å². The summed E-state index contributed by atoms with van der Waals surface area (Å²) in [5.74, 6) is 1.54. The third kappa shape index (κ3) is 8.23. The summed E-state index contributed by atoms with van der Waals surface area (Å²) in [4.78, 5) is 6.85. The van der Waals surface area contributed by atoms with Crippen LogP contribution >= 0.6 is 0 Å². The van der Waals surface area contributed by atoms with Crippen LogP contribution in [0.15, 0.2) is 4.99 Å². The molecular formula is C19H41N5O3S. The maximum absolute atomic E-state index is 11.8. The van der Waals surface area contributed by atoms with Gasteiger partial charge in [0.1, 0.15) is 0 Å². The van der Waals surface area contributed by atoms with Crippen molar-refractivity contribution in [3.63, 3.8) is 0 Å². The molecule has 1 saturated heterocycles. The van der Waals surface area contributed by atoms with Gasteiger partial charge in [0.15, 0.2) is 5.96 Å². The number of nitrogens with one attached hydrogen (secondary N) is 2. The molecule has 1 rings (SSSR count). The summed E-state index contributed by atoms with van der Waals surface area (Å²) in [5.41, 5.74) is 0. The number of nitrogens with zero attached hydrogens (tertiary/aromatic N) is 3. The maximum Gasteiger partial charge on any atom is 0.213 e. The van der Waals surface area contributed by atoms with E-state index in [1.54, 1.807) is 21.0 Å². The molecule has 0 aliphatic carbocycles. The van der Waals surface area contributed by atoms with E-state index in [1.807, 2.05) is 0 Å². The lowest BCUT2D eigenvalue weighted by molar-refractivity contribution is 0.00272. The Morgan fingerprint density at radius 1 is 1.18 bits per heavy atom. The van der Waals surface area contributed by atoms with E-state index in [9.17, 15) is 8.42 Å². The molecular weight excluding hydrogens is 378 g/mol. The molecule has 0 aromatic carbocycles. The van der Waals surface area contributed by atoms with E-state index in [0.717, 1.165) is 58.1 Å². The van der Waals surface area contributed by atoms with Gasteiger partial charge in [-0.3, -0.25) is 9.89 Å². The van der Waals surface area contributed by atoms with Crippen molar-refractivity contribution < 1.29 is 13.2 Å². The Morgan fingerprint density at radius 2 is 1.82 bits per heavy atom. The molecule has 2 N–H and O–H groups in total. The van der Waals surface area contributed by atoms with Crippen molar-refractivity contribution in [2.45, 2.75) is 46.1 Å². The number of rotatable bonds is 12. The minimum atomic E-state index is -3.11. The van der Waals surface area contributed by atoms with Gasteiger partial charge in [0.25, 0.3) is 0 Å². The van der Waals surface area contributed by atoms with Crippen molar-refractivity contribution in [3.8, 4) is 0 Å². The summed E-state index contributed by atoms with van der Waals surface area (Å²) in [6.45, 7) is 11.8. The van der Waals surface area contributed by atoms with Gasteiger partial charge in [-0.25, -0.2) is 12.7 Å². The van der Waals surface area contributed by atoms with Gasteiger partial charge in [0.05, 0.1) is 19.0 Å². The third-order valence-corrected chi connectivity index (χ3v) is 7.45. The molecule has 8 nitrogen and oxygen atoms in total. The first-order valence-corrected chi connectivity index (χ1v) is 12.2. The lowest BCUT2D eigenvalue weighted by Crippen LogP contribution is -2.53. The number of sulfonamides is 1. The number of hydrogen-bond donors (Lipinski definition) is 2. The SMILES string of the molecule is CCC(CC)C(CNC(=NC)NCCCN(C)S(=O)(=O)CC)N1CCOCC1. The fraction of sp³-hybridized carbons (Fsp3) is 0.947. The molecule has 0 saturated carbocycles. The number of hydrogen-bond acceptors (Lipinski definition) is 5. The summed E-state index contributed by atoms with van der Waals surface area (Å²) in [7, 11) is 0.291. The van der Waals surface area contributed by atoms with Crippen LogP contribution in [-0.2, 0) is 14.8 Å². The van der Waals surface area contributed by atoms with Crippen LogP contribution in [0.2, 0.25) is 0 Å². The number of ether oxygens (including phenoxy) is 1. The first-order chi connectivity index (χ1) is 13.4. The molecule has 1 fully saturated rings. The fourth-order valence-electron chi connectivity index (χ4n) is 3.63. The lowest BCUT2D eigenvalue weighted by atomic mass is 9.92. The Morgan fingerprint density at radius 3 is 2.36 bits per heavy atom. The van der Waals surface area contributed by atoms with Gasteiger partial charge in [-0.1, -0.05) is 26.7 Å². The van der Waals surface area contributed by atoms with E-state index >= 15 is 0 Å². The molecule has 1 heterocycles. The minimum Gasteiger partial charge on any atom is -0.379 e.